The van der Waals surface area contributed by atoms with E-state index in [0.29, 0.717) is 11.3 Å². The third kappa shape index (κ3) is 2.91. The van der Waals surface area contributed by atoms with Gasteiger partial charge < -0.3 is 9.64 Å². The number of piperidine rings is 1. The SMILES string of the molecule is N#CC1=C(N2CCC3(CC2)CC3)c2cc(Oc3ncccn3)ncc2CC1=O. The fourth-order valence-electron chi connectivity index (χ4n) is 4.17. The number of ketones is 1. The maximum atomic E-state index is 12.6. The number of Topliss-reactive ketones (excluding diaryl/α,β-unsaturated/α-hetero) is 1. The number of allylic oxidation sites excluding steroid dienone is 1. The van der Waals surface area contributed by atoms with Gasteiger partial charge in [0.1, 0.15) is 11.6 Å². The first-order chi connectivity index (χ1) is 13.7. The first-order valence-electron chi connectivity index (χ1n) is 9.54. The van der Waals surface area contributed by atoms with Gasteiger partial charge in [-0.3, -0.25) is 4.79 Å². The van der Waals surface area contributed by atoms with E-state index in [2.05, 4.69) is 25.9 Å². The molecule has 3 aliphatic rings. The normalized spacial score (nSPS) is 20.0. The zero-order valence-electron chi connectivity index (χ0n) is 15.4. The molecule has 1 spiro atoms. The van der Waals surface area contributed by atoms with Gasteiger partial charge in [0.15, 0.2) is 5.78 Å². The van der Waals surface area contributed by atoms with Crippen LogP contribution >= 0.6 is 0 Å². The Morgan fingerprint density at radius 1 is 1.11 bits per heavy atom. The summed E-state index contributed by atoms with van der Waals surface area (Å²) in [6, 6.07) is 5.87. The van der Waals surface area contributed by atoms with Gasteiger partial charge in [-0.25, -0.2) is 15.0 Å². The minimum Gasteiger partial charge on any atom is -0.405 e. The van der Waals surface area contributed by atoms with Crippen LogP contribution in [0.3, 0.4) is 0 Å². The van der Waals surface area contributed by atoms with Crippen molar-refractivity contribution >= 4 is 11.5 Å². The van der Waals surface area contributed by atoms with Crippen LogP contribution in [0.15, 0.2) is 36.3 Å². The number of aromatic nitrogens is 3. The summed E-state index contributed by atoms with van der Waals surface area (Å²) in [5.41, 5.74) is 3.16. The van der Waals surface area contributed by atoms with Gasteiger partial charge >= 0.3 is 6.01 Å². The highest BCUT2D eigenvalue weighted by molar-refractivity contribution is 6.09. The lowest BCUT2D eigenvalue weighted by Gasteiger charge is -2.37. The van der Waals surface area contributed by atoms with Gasteiger partial charge in [-0.05, 0) is 42.7 Å². The van der Waals surface area contributed by atoms with Crippen molar-refractivity contribution in [2.45, 2.75) is 32.1 Å². The highest BCUT2D eigenvalue weighted by Crippen LogP contribution is 2.54. The van der Waals surface area contributed by atoms with Crippen LogP contribution in [0.25, 0.3) is 5.70 Å². The van der Waals surface area contributed by atoms with Crippen LogP contribution in [-0.2, 0) is 11.2 Å². The van der Waals surface area contributed by atoms with E-state index in [1.807, 2.05) is 0 Å². The Balaban J connectivity index is 1.52. The van der Waals surface area contributed by atoms with E-state index in [-0.39, 0.29) is 23.8 Å². The number of carbonyl (C=O) groups excluding carboxylic acids is 1. The largest absolute Gasteiger partial charge is 0.405 e. The summed E-state index contributed by atoms with van der Waals surface area (Å²) in [4.78, 5) is 27.2. The van der Waals surface area contributed by atoms with E-state index in [1.54, 1.807) is 30.7 Å². The molecule has 0 N–H and O–H groups in total. The molecule has 3 heterocycles. The molecular formula is C21H19N5O2. The van der Waals surface area contributed by atoms with Gasteiger partial charge in [-0.1, -0.05) is 0 Å². The molecule has 0 bridgehead atoms. The van der Waals surface area contributed by atoms with Crippen LogP contribution in [0.2, 0.25) is 0 Å². The van der Waals surface area contributed by atoms with Crippen molar-refractivity contribution in [3.8, 4) is 18.0 Å². The number of nitriles is 1. The zero-order chi connectivity index (χ0) is 19.1. The molecular weight excluding hydrogens is 354 g/mol. The van der Waals surface area contributed by atoms with Gasteiger partial charge in [0.2, 0.25) is 5.88 Å². The molecule has 0 atom stereocenters. The van der Waals surface area contributed by atoms with Gasteiger partial charge in [0.25, 0.3) is 0 Å². The predicted octanol–water partition coefficient (Wildman–Crippen LogP) is 2.90. The lowest BCUT2D eigenvalue weighted by Crippen LogP contribution is -2.36. The Kier molecular flexibility index (Phi) is 3.86. The Hall–Kier alpha value is -3.27. The number of likely N-dealkylation sites (tertiary alicyclic amines) is 1. The quantitative estimate of drug-likeness (QED) is 0.817. The fraction of sp³-hybridized carbons (Fsp3) is 0.381. The molecule has 1 saturated carbocycles. The minimum absolute atomic E-state index is 0.140. The summed E-state index contributed by atoms with van der Waals surface area (Å²) in [5, 5.41) is 9.69. The number of ether oxygens (including phenoxy) is 1. The van der Waals surface area contributed by atoms with Gasteiger partial charge in [0, 0.05) is 49.7 Å². The molecule has 28 heavy (non-hydrogen) atoms. The molecule has 0 unspecified atom stereocenters. The summed E-state index contributed by atoms with van der Waals surface area (Å²) in [7, 11) is 0. The van der Waals surface area contributed by atoms with Crippen molar-refractivity contribution in [1.82, 2.24) is 19.9 Å². The van der Waals surface area contributed by atoms with Crippen LogP contribution in [0.4, 0.5) is 0 Å². The fourth-order valence-corrected chi connectivity index (χ4v) is 4.17. The van der Waals surface area contributed by atoms with E-state index >= 15 is 0 Å². The Morgan fingerprint density at radius 2 is 1.86 bits per heavy atom. The van der Waals surface area contributed by atoms with Crippen LogP contribution < -0.4 is 4.74 Å². The second-order valence-electron chi connectivity index (χ2n) is 7.74. The summed E-state index contributed by atoms with van der Waals surface area (Å²) < 4.78 is 5.68. The Morgan fingerprint density at radius 3 is 2.54 bits per heavy atom. The molecule has 140 valence electrons. The molecule has 0 radical (unpaired) electrons. The summed E-state index contributed by atoms with van der Waals surface area (Å²) in [5.74, 6) is 0.211. The van der Waals surface area contributed by atoms with E-state index in [0.717, 1.165) is 42.8 Å². The second-order valence-corrected chi connectivity index (χ2v) is 7.74. The van der Waals surface area contributed by atoms with Gasteiger partial charge in [-0.2, -0.15) is 5.26 Å². The van der Waals surface area contributed by atoms with Crippen LogP contribution in [0.5, 0.6) is 11.9 Å². The lowest BCUT2D eigenvalue weighted by atomic mass is 9.86. The predicted molar refractivity (Wildman–Crippen MR) is 100 cm³/mol. The smallest absolute Gasteiger partial charge is 0.323 e. The topological polar surface area (TPSA) is 92.0 Å². The van der Waals surface area contributed by atoms with Crippen LogP contribution in [0, 0.1) is 16.7 Å². The standard InChI is InChI=1S/C21H19N5O2/c22-12-16-17(27)10-14-13-25-18(28-20-23-6-1-7-24-20)11-15(14)19(16)26-8-4-21(2-3-21)5-9-26/h1,6-7,11,13H,2-5,8-10H2. The second kappa shape index (κ2) is 6.41. The number of carbonyl (C=O) groups is 1. The summed E-state index contributed by atoms with van der Waals surface area (Å²) >= 11 is 0. The molecule has 5 rings (SSSR count). The van der Waals surface area contributed by atoms with E-state index in [4.69, 9.17) is 4.74 Å². The summed E-state index contributed by atoms with van der Waals surface area (Å²) in [6.07, 6.45) is 9.88. The highest BCUT2D eigenvalue weighted by atomic mass is 16.5. The average Bonchev–Trinajstić information content (AvgIpc) is 3.48. The molecule has 0 aromatic carbocycles. The van der Waals surface area contributed by atoms with Crippen molar-refractivity contribution < 1.29 is 9.53 Å². The first-order valence-corrected chi connectivity index (χ1v) is 9.54. The number of fused-ring (bicyclic) bond motifs is 1. The minimum atomic E-state index is -0.140. The van der Waals surface area contributed by atoms with Gasteiger partial charge in [0.05, 0.1) is 5.70 Å². The number of hydrogen-bond donors (Lipinski definition) is 0. The number of nitrogens with zero attached hydrogens (tertiary/aromatic N) is 5. The van der Waals surface area contributed by atoms with E-state index < -0.39 is 0 Å². The zero-order valence-corrected chi connectivity index (χ0v) is 15.4. The number of hydrogen-bond acceptors (Lipinski definition) is 7. The molecule has 2 aromatic rings. The molecule has 2 aliphatic carbocycles. The molecule has 2 fully saturated rings. The maximum Gasteiger partial charge on any atom is 0.323 e. The van der Waals surface area contributed by atoms with Crippen LogP contribution in [0.1, 0.15) is 36.8 Å². The number of pyridine rings is 1. The third-order valence-electron chi connectivity index (χ3n) is 6.03. The first kappa shape index (κ1) is 16.9. The molecule has 1 aliphatic heterocycles. The monoisotopic (exact) mass is 373 g/mol. The number of rotatable bonds is 3. The molecule has 2 aromatic heterocycles. The van der Waals surface area contributed by atoms with Gasteiger partial charge in [-0.15, -0.1) is 0 Å². The molecule has 7 nitrogen and oxygen atoms in total. The van der Waals surface area contributed by atoms with E-state index in [9.17, 15) is 10.1 Å². The van der Waals surface area contributed by atoms with Crippen molar-refractivity contribution in [2.75, 3.05) is 13.1 Å². The summed E-state index contributed by atoms with van der Waals surface area (Å²) in [6.45, 7) is 1.74. The highest BCUT2D eigenvalue weighted by Gasteiger charge is 2.45. The van der Waals surface area contributed by atoms with Crippen molar-refractivity contribution in [1.29, 1.82) is 5.26 Å². The molecule has 7 heteroatoms. The average molecular weight is 373 g/mol. The van der Waals surface area contributed by atoms with Crippen molar-refractivity contribution in [3.63, 3.8) is 0 Å². The van der Waals surface area contributed by atoms with Crippen LogP contribution in [-0.4, -0.2) is 38.7 Å². The lowest BCUT2D eigenvalue weighted by molar-refractivity contribution is -0.114. The Labute approximate surface area is 162 Å². The van der Waals surface area contributed by atoms with Crippen molar-refractivity contribution in [3.05, 3.63) is 47.4 Å². The van der Waals surface area contributed by atoms with E-state index in [1.165, 1.54) is 12.8 Å². The Bertz CT molecular complexity index is 1010. The molecule has 0 amide bonds. The third-order valence-corrected chi connectivity index (χ3v) is 6.03. The molecule has 1 saturated heterocycles. The maximum absolute atomic E-state index is 12.6. The van der Waals surface area contributed by atoms with Crippen molar-refractivity contribution in [2.24, 2.45) is 5.41 Å².